The number of ether oxygens (including phenoxy) is 3. The molecule has 1 aliphatic heterocycles. The van der Waals surface area contributed by atoms with Crippen LogP contribution in [-0.4, -0.2) is 99.6 Å². The predicted octanol–water partition coefficient (Wildman–Crippen LogP) is 16.9. The molecule has 0 bridgehead atoms. The zero-order valence-electron chi connectivity index (χ0n) is 52.6. The number of hydrogen-bond donors (Lipinski definition) is 6. The number of hydrogen-bond acceptors (Lipinski definition) is 10. The fourth-order valence-corrected chi connectivity index (χ4v) is 10.3. The molecule has 0 spiro atoms. The van der Waals surface area contributed by atoms with Gasteiger partial charge in [0.15, 0.2) is 12.4 Å². The molecule has 82 heavy (non-hydrogen) atoms. The number of carbonyl (C=O) groups excluding carboxylic acids is 2. The highest BCUT2D eigenvalue weighted by atomic mass is 16.7. The predicted molar refractivity (Wildman–Crippen MR) is 342 cm³/mol. The Bertz CT molecular complexity index is 1660. The first-order valence-corrected chi connectivity index (χ1v) is 33.9. The Hall–Kier alpha value is -3.16. The minimum absolute atomic E-state index is 0.0560. The molecule has 1 fully saturated rings. The summed E-state index contributed by atoms with van der Waals surface area (Å²) < 4.78 is 17.6. The van der Waals surface area contributed by atoms with Crippen molar-refractivity contribution in [3.05, 3.63) is 85.1 Å². The molecule has 1 rings (SSSR count). The molecular formula is C71H125NO10. The maximum absolute atomic E-state index is 13.4. The van der Waals surface area contributed by atoms with Crippen molar-refractivity contribution in [3.8, 4) is 0 Å². The summed E-state index contributed by atoms with van der Waals surface area (Å²) in [7, 11) is 0. The molecule has 6 N–H and O–H groups in total. The Balaban J connectivity index is 2.64. The lowest BCUT2D eigenvalue weighted by atomic mass is 9.99. The summed E-state index contributed by atoms with van der Waals surface area (Å²) in [5.74, 6) is -1.28. The van der Waals surface area contributed by atoms with Crippen LogP contribution in [0.3, 0.4) is 0 Å². The molecule has 0 aliphatic carbocycles. The monoisotopic (exact) mass is 1150 g/mol. The van der Waals surface area contributed by atoms with Gasteiger partial charge in [-0.25, -0.2) is 0 Å². The molecule has 1 aliphatic rings. The normalized spacial score (nSPS) is 19.1. The summed E-state index contributed by atoms with van der Waals surface area (Å²) in [4.78, 5) is 26.6. The zero-order chi connectivity index (χ0) is 59.6. The fourth-order valence-electron chi connectivity index (χ4n) is 10.3. The largest absolute Gasteiger partial charge is 0.454 e. The Morgan fingerprint density at radius 1 is 0.488 bits per heavy atom. The smallest absolute Gasteiger partial charge is 0.306 e. The van der Waals surface area contributed by atoms with Gasteiger partial charge >= 0.3 is 5.97 Å². The summed E-state index contributed by atoms with van der Waals surface area (Å²) in [6.45, 7) is 5.65. The standard InChI is InChI=1S/C71H125NO10/c1-4-7-10-13-16-19-22-25-27-29-31-32-33-34-35-37-39-41-44-47-50-53-56-59-66(76)82-69-68(78)67(77)65(60-73)81-71(69)80-61-62(63(74)57-54-51-48-45-42-24-21-18-15-12-9-6-3)72-70(79)64(75)58-55-52-49-46-43-40-38-36-30-28-26-23-20-17-14-11-8-5-2/h8,11,17,20,26,28,36,38,43,46,52,54-55,57,62-65,67-69,71,73-75,77-78H,4-7,9-10,12-16,18-19,21-25,27,29-35,37,39-42,44-45,47-51,53,56,58-61H2,1-3H3,(H,72,79)/b11-8-,20-17-,28-26-,38-36-,46-43-,55-52-,57-54+. The Labute approximate surface area is 502 Å². The van der Waals surface area contributed by atoms with Gasteiger partial charge in [0.05, 0.1) is 25.4 Å². The van der Waals surface area contributed by atoms with Gasteiger partial charge in [-0.15, -0.1) is 0 Å². The molecule has 1 heterocycles. The van der Waals surface area contributed by atoms with Gasteiger partial charge in [-0.05, 0) is 57.8 Å². The molecule has 0 saturated carbocycles. The van der Waals surface area contributed by atoms with E-state index in [1.54, 1.807) is 12.2 Å². The lowest BCUT2D eigenvalue weighted by Crippen LogP contribution is -2.61. The molecule has 0 aromatic carbocycles. The summed E-state index contributed by atoms with van der Waals surface area (Å²) >= 11 is 0. The number of amides is 1. The lowest BCUT2D eigenvalue weighted by molar-refractivity contribution is -0.305. The topological polar surface area (TPSA) is 175 Å². The first kappa shape index (κ1) is 76.9. The van der Waals surface area contributed by atoms with E-state index in [1.165, 1.54) is 167 Å². The number of rotatable bonds is 57. The van der Waals surface area contributed by atoms with E-state index in [9.17, 15) is 35.1 Å². The van der Waals surface area contributed by atoms with Gasteiger partial charge in [0.2, 0.25) is 5.91 Å². The molecule has 8 atom stereocenters. The number of aliphatic hydroxyl groups is 5. The maximum atomic E-state index is 13.4. The van der Waals surface area contributed by atoms with Crippen molar-refractivity contribution in [2.24, 2.45) is 0 Å². The van der Waals surface area contributed by atoms with Gasteiger partial charge in [-0.3, -0.25) is 9.59 Å². The number of carbonyl (C=O) groups is 2. The molecule has 0 aromatic heterocycles. The van der Waals surface area contributed by atoms with Crippen molar-refractivity contribution in [3.63, 3.8) is 0 Å². The number of allylic oxidation sites excluding steroid dienone is 12. The minimum atomic E-state index is -1.63. The van der Waals surface area contributed by atoms with Crippen LogP contribution in [0.15, 0.2) is 85.1 Å². The van der Waals surface area contributed by atoms with Crippen LogP contribution in [0.25, 0.3) is 0 Å². The van der Waals surface area contributed by atoms with Crippen molar-refractivity contribution >= 4 is 11.9 Å². The van der Waals surface area contributed by atoms with E-state index in [2.05, 4.69) is 80.8 Å². The zero-order valence-corrected chi connectivity index (χ0v) is 52.6. The van der Waals surface area contributed by atoms with Gasteiger partial charge in [0, 0.05) is 12.8 Å². The molecule has 1 amide bonds. The third-order valence-electron chi connectivity index (χ3n) is 15.6. The van der Waals surface area contributed by atoms with Crippen LogP contribution in [0.4, 0.5) is 0 Å². The summed E-state index contributed by atoms with van der Waals surface area (Å²) in [6.07, 6.45) is 66.5. The first-order chi connectivity index (χ1) is 40.2. The second-order valence-corrected chi connectivity index (χ2v) is 23.2. The van der Waals surface area contributed by atoms with E-state index >= 15 is 0 Å². The van der Waals surface area contributed by atoms with Gasteiger partial charge in [0.1, 0.15) is 24.4 Å². The van der Waals surface area contributed by atoms with Crippen molar-refractivity contribution < 1.29 is 49.3 Å². The Morgan fingerprint density at radius 2 is 0.866 bits per heavy atom. The third-order valence-corrected chi connectivity index (χ3v) is 15.6. The van der Waals surface area contributed by atoms with Crippen LogP contribution in [0, 0.1) is 0 Å². The second kappa shape index (κ2) is 58.2. The quantitative estimate of drug-likeness (QED) is 0.0195. The second-order valence-electron chi connectivity index (χ2n) is 23.2. The Kier molecular flexibility index (Phi) is 54.6. The molecular weight excluding hydrogens is 1030 g/mol. The van der Waals surface area contributed by atoms with Crippen LogP contribution in [0.2, 0.25) is 0 Å². The van der Waals surface area contributed by atoms with E-state index in [4.69, 9.17) is 14.2 Å². The van der Waals surface area contributed by atoms with E-state index in [0.29, 0.717) is 12.8 Å². The van der Waals surface area contributed by atoms with Crippen LogP contribution < -0.4 is 5.32 Å². The minimum Gasteiger partial charge on any atom is -0.454 e. The molecule has 0 aromatic rings. The molecule has 474 valence electrons. The summed E-state index contributed by atoms with van der Waals surface area (Å²) in [5, 5.41) is 57.0. The van der Waals surface area contributed by atoms with E-state index in [0.717, 1.165) is 77.0 Å². The van der Waals surface area contributed by atoms with E-state index in [-0.39, 0.29) is 19.4 Å². The van der Waals surface area contributed by atoms with Crippen molar-refractivity contribution in [1.29, 1.82) is 0 Å². The van der Waals surface area contributed by atoms with Gasteiger partial charge in [-0.2, -0.15) is 0 Å². The average Bonchev–Trinajstić information content (AvgIpc) is 3.68. The van der Waals surface area contributed by atoms with Crippen LogP contribution in [-0.2, 0) is 23.8 Å². The van der Waals surface area contributed by atoms with Gasteiger partial charge in [0.25, 0.3) is 0 Å². The molecule has 11 heteroatoms. The summed E-state index contributed by atoms with van der Waals surface area (Å²) in [6, 6.07) is -1.07. The maximum Gasteiger partial charge on any atom is 0.306 e. The highest BCUT2D eigenvalue weighted by Gasteiger charge is 2.47. The van der Waals surface area contributed by atoms with Crippen LogP contribution >= 0.6 is 0 Å². The lowest BCUT2D eigenvalue weighted by Gasteiger charge is -2.41. The fraction of sp³-hybridized carbons (Fsp3) is 0.775. The SMILES string of the molecule is CC/C=C\C/C=C\C/C=C\C/C=C\C/C=C\C/C=C\CC(O)C(=O)NC(COC1OC(CO)C(O)C(O)C1OC(=O)CCCCCCCCCCCCCCCCCCCCCCCCC)C(O)/C=C/CCCCCCCCCCCC. The highest BCUT2D eigenvalue weighted by Crippen LogP contribution is 2.26. The number of nitrogens with one attached hydrogen (secondary N) is 1. The van der Waals surface area contributed by atoms with Crippen molar-refractivity contribution in [2.75, 3.05) is 13.2 Å². The van der Waals surface area contributed by atoms with Crippen LogP contribution in [0.1, 0.15) is 290 Å². The van der Waals surface area contributed by atoms with Crippen molar-refractivity contribution in [1.82, 2.24) is 5.32 Å². The van der Waals surface area contributed by atoms with Crippen LogP contribution in [0.5, 0.6) is 0 Å². The molecule has 8 unspecified atom stereocenters. The van der Waals surface area contributed by atoms with Gasteiger partial charge in [-0.1, -0.05) is 305 Å². The van der Waals surface area contributed by atoms with Gasteiger partial charge < -0.3 is 45.1 Å². The highest BCUT2D eigenvalue weighted by molar-refractivity contribution is 5.81. The summed E-state index contributed by atoms with van der Waals surface area (Å²) in [5.41, 5.74) is 0. The first-order valence-electron chi connectivity index (χ1n) is 33.9. The number of unbranched alkanes of at least 4 members (excludes halogenated alkanes) is 32. The molecule has 11 nitrogen and oxygen atoms in total. The molecule has 0 radical (unpaired) electrons. The van der Waals surface area contributed by atoms with E-state index in [1.807, 2.05) is 18.2 Å². The van der Waals surface area contributed by atoms with Crippen molar-refractivity contribution in [2.45, 2.75) is 339 Å². The number of esters is 1. The van der Waals surface area contributed by atoms with E-state index < -0.39 is 67.4 Å². The Morgan fingerprint density at radius 3 is 1.27 bits per heavy atom. The molecule has 1 saturated heterocycles. The average molecular weight is 1150 g/mol. The number of aliphatic hydroxyl groups excluding tert-OH is 5. The third kappa shape index (κ3) is 45.2.